The van der Waals surface area contributed by atoms with Gasteiger partial charge >= 0.3 is 0 Å². The Morgan fingerprint density at radius 1 is 1.08 bits per heavy atom. The van der Waals surface area contributed by atoms with Gasteiger partial charge in [-0.1, -0.05) is 18.2 Å². The lowest BCUT2D eigenvalue weighted by molar-refractivity contribution is -0.135. The van der Waals surface area contributed by atoms with Crippen molar-refractivity contribution in [2.45, 2.75) is 12.8 Å². The lowest BCUT2D eigenvalue weighted by Crippen LogP contribution is -2.47. The molecule has 1 unspecified atom stereocenters. The molecule has 2 aliphatic heterocycles. The second-order valence-electron chi connectivity index (χ2n) is 6.58. The van der Waals surface area contributed by atoms with Crippen LogP contribution in [0.25, 0.3) is 10.9 Å². The van der Waals surface area contributed by atoms with Crippen LogP contribution in [0.15, 0.2) is 36.4 Å². The standard InChI is InChI=1S/C19H23N3OS/c23-19(21-10-12-24-13-11-21)16-5-3-9-22(14-16)18-8-7-15-4-1-2-6-17(15)20-18/h1-2,4,6-8,16H,3,5,9-14H2. The fourth-order valence-electron chi connectivity index (χ4n) is 3.66. The first-order valence-electron chi connectivity index (χ1n) is 8.78. The molecule has 0 saturated carbocycles. The Bertz CT molecular complexity index is 729. The molecule has 5 heteroatoms. The molecule has 2 aromatic rings. The number of amides is 1. The maximum Gasteiger partial charge on any atom is 0.227 e. The van der Waals surface area contributed by atoms with E-state index in [0.717, 1.165) is 67.2 Å². The van der Waals surface area contributed by atoms with Gasteiger partial charge in [0.1, 0.15) is 5.82 Å². The number of hydrogen-bond acceptors (Lipinski definition) is 4. The van der Waals surface area contributed by atoms with Crippen molar-refractivity contribution >= 4 is 34.4 Å². The number of thioether (sulfide) groups is 1. The minimum Gasteiger partial charge on any atom is -0.356 e. The van der Waals surface area contributed by atoms with Crippen molar-refractivity contribution in [3.05, 3.63) is 36.4 Å². The third-order valence-corrected chi connectivity index (χ3v) is 5.94. The molecule has 1 amide bonds. The Balaban J connectivity index is 1.50. The van der Waals surface area contributed by atoms with Gasteiger partial charge < -0.3 is 9.80 Å². The van der Waals surface area contributed by atoms with Crippen molar-refractivity contribution in [2.75, 3.05) is 42.6 Å². The first-order valence-corrected chi connectivity index (χ1v) is 9.94. The molecule has 0 aliphatic carbocycles. The fraction of sp³-hybridized carbons (Fsp3) is 0.474. The van der Waals surface area contributed by atoms with Crippen LogP contribution in [0.1, 0.15) is 12.8 Å². The van der Waals surface area contributed by atoms with Gasteiger partial charge in [-0.15, -0.1) is 0 Å². The summed E-state index contributed by atoms with van der Waals surface area (Å²) in [4.78, 5) is 22.0. The number of pyridine rings is 1. The van der Waals surface area contributed by atoms with E-state index in [-0.39, 0.29) is 5.92 Å². The van der Waals surface area contributed by atoms with E-state index in [0.29, 0.717) is 5.91 Å². The number of para-hydroxylation sites is 1. The van der Waals surface area contributed by atoms with Gasteiger partial charge in [0.2, 0.25) is 5.91 Å². The number of rotatable bonds is 2. The molecule has 0 bridgehead atoms. The average molecular weight is 341 g/mol. The quantitative estimate of drug-likeness (QED) is 0.841. The molecule has 0 N–H and O–H groups in total. The number of fused-ring (bicyclic) bond motifs is 1. The van der Waals surface area contributed by atoms with Crippen LogP contribution in [0.4, 0.5) is 5.82 Å². The number of carbonyl (C=O) groups excluding carboxylic acids is 1. The SMILES string of the molecule is O=C(C1CCCN(c2ccc3ccccc3n2)C1)N1CCSCC1. The topological polar surface area (TPSA) is 36.4 Å². The maximum atomic E-state index is 12.8. The number of anilines is 1. The maximum absolute atomic E-state index is 12.8. The van der Waals surface area contributed by atoms with Crippen LogP contribution in [0.5, 0.6) is 0 Å². The molecular formula is C19H23N3OS. The van der Waals surface area contributed by atoms with Gasteiger partial charge in [0.25, 0.3) is 0 Å². The Morgan fingerprint density at radius 3 is 2.79 bits per heavy atom. The van der Waals surface area contributed by atoms with Gasteiger partial charge in [0, 0.05) is 43.1 Å². The number of aromatic nitrogens is 1. The largest absolute Gasteiger partial charge is 0.356 e. The highest BCUT2D eigenvalue weighted by atomic mass is 32.2. The van der Waals surface area contributed by atoms with E-state index < -0.39 is 0 Å². The highest BCUT2D eigenvalue weighted by Crippen LogP contribution is 2.25. The third kappa shape index (κ3) is 3.22. The number of hydrogen-bond donors (Lipinski definition) is 0. The van der Waals surface area contributed by atoms with Gasteiger partial charge in [-0.3, -0.25) is 4.79 Å². The fourth-order valence-corrected chi connectivity index (χ4v) is 4.56. The van der Waals surface area contributed by atoms with Crippen LogP contribution >= 0.6 is 11.8 Å². The van der Waals surface area contributed by atoms with Gasteiger partial charge in [0.15, 0.2) is 0 Å². The first-order chi connectivity index (χ1) is 11.8. The summed E-state index contributed by atoms with van der Waals surface area (Å²) in [5.41, 5.74) is 1.02. The van der Waals surface area contributed by atoms with Gasteiger partial charge in [-0.25, -0.2) is 4.98 Å². The van der Waals surface area contributed by atoms with E-state index in [1.165, 1.54) is 0 Å². The van der Waals surface area contributed by atoms with E-state index in [2.05, 4.69) is 34.1 Å². The molecule has 4 rings (SSSR count). The van der Waals surface area contributed by atoms with Gasteiger partial charge in [-0.05, 0) is 31.0 Å². The summed E-state index contributed by atoms with van der Waals surface area (Å²) in [5, 5.41) is 1.16. The van der Waals surface area contributed by atoms with Crippen molar-refractivity contribution in [2.24, 2.45) is 5.92 Å². The van der Waals surface area contributed by atoms with Crippen molar-refractivity contribution in [3.63, 3.8) is 0 Å². The minimum absolute atomic E-state index is 0.120. The second kappa shape index (κ2) is 7.01. The molecule has 0 spiro atoms. The molecule has 126 valence electrons. The van der Waals surface area contributed by atoms with Crippen molar-refractivity contribution in [1.82, 2.24) is 9.88 Å². The smallest absolute Gasteiger partial charge is 0.227 e. The Morgan fingerprint density at radius 2 is 1.92 bits per heavy atom. The van der Waals surface area contributed by atoms with Gasteiger partial charge in [0.05, 0.1) is 11.4 Å². The molecule has 1 aromatic heterocycles. The van der Waals surface area contributed by atoms with Crippen LogP contribution in [0, 0.1) is 5.92 Å². The van der Waals surface area contributed by atoms with Crippen LogP contribution in [-0.2, 0) is 4.79 Å². The molecule has 3 heterocycles. The van der Waals surface area contributed by atoms with E-state index in [4.69, 9.17) is 4.98 Å². The molecule has 1 aromatic carbocycles. The third-order valence-electron chi connectivity index (χ3n) is 5.00. The summed E-state index contributed by atoms with van der Waals surface area (Å²) >= 11 is 1.95. The zero-order valence-electron chi connectivity index (χ0n) is 13.9. The van der Waals surface area contributed by atoms with Crippen molar-refractivity contribution in [1.29, 1.82) is 0 Å². The summed E-state index contributed by atoms with van der Waals surface area (Å²) in [6.07, 6.45) is 2.07. The molecule has 2 aliphatic rings. The molecular weight excluding hydrogens is 318 g/mol. The summed E-state index contributed by atoms with van der Waals surface area (Å²) in [6, 6.07) is 12.4. The summed E-state index contributed by atoms with van der Waals surface area (Å²) in [7, 11) is 0. The monoisotopic (exact) mass is 341 g/mol. The van der Waals surface area contributed by atoms with E-state index in [1.54, 1.807) is 0 Å². The predicted octanol–water partition coefficient (Wildman–Crippen LogP) is 3.03. The zero-order valence-corrected chi connectivity index (χ0v) is 14.7. The molecule has 1 atom stereocenters. The van der Waals surface area contributed by atoms with E-state index >= 15 is 0 Å². The lowest BCUT2D eigenvalue weighted by Gasteiger charge is -2.36. The summed E-state index contributed by atoms with van der Waals surface area (Å²) in [6.45, 7) is 3.61. The normalized spacial score (nSPS) is 21.9. The summed E-state index contributed by atoms with van der Waals surface area (Å²) in [5.74, 6) is 3.62. The summed E-state index contributed by atoms with van der Waals surface area (Å²) < 4.78 is 0. The van der Waals surface area contributed by atoms with Crippen molar-refractivity contribution < 1.29 is 4.79 Å². The zero-order chi connectivity index (χ0) is 16.4. The number of piperidine rings is 1. The second-order valence-corrected chi connectivity index (χ2v) is 7.81. The molecule has 4 nitrogen and oxygen atoms in total. The Hall–Kier alpha value is -1.75. The highest BCUT2D eigenvalue weighted by Gasteiger charge is 2.30. The molecule has 24 heavy (non-hydrogen) atoms. The van der Waals surface area contributed by atoms with Crippen LogP contribution in [0.3, 0.4) is 0 Å². The van der Waals surface area contributed by atoms with Crippen LogP contribution in [-0.4, -0.2) is 53.5 Å². The lowest BCUT2D eigenvalue weighted by atomic mass is 9.96. The average Bonchev–Trinajstić information content (AvgIpc) is 2.68. The minimum atomic E-state index is 0.120. The predicted molar refractivity (Wildman–Crippen MR) is 101 cm³/mol. The molecule has 2 fully saturated rings. The number of carbonyl (C=O) groups is 1. The Labute approximate surface area is 147 Å². The van der Waals surface area contributed by atoms with Crippen LogP contribution in [0.2, 0.25) is 0 Å². The highest BCUT2D eigenvalue weighted by molar-refractivity contribution is 7.99. The molecule has 2 saturated heterocycles. The Kier molecular flexibility index (Phi) is 4.60. The van der Waals surface area contributed by atoms with Crippen molar-refractivity contribution in [3.8, 4) is 0 Å². The first kappa shape index (κ1) is 15.8. The number of nitrogens with zero attached hydrogens (tertiary/aromatic N) is 3. The van der Waals surface area contributed by atoms with E-state index in [9.17, 15) is 4.79 Å². The number of benzene rings is 1. The van der Waals surface area contributed by atoms with E-state index in [1.807, 2.05) is 23.9 Å². The molecule has 0 radical (unpaired) electrons. The van der Waals surface area contributed by atoms with Gasteiger partial charge in [-0.2, -0.15) is 11.8 Å². The van der Waals surface area contributed by atoms with Crippen LogP contribution < -0.4 is 4.90 Å².